The number of nitrogens with two attached hydrogens (primary N) is 1. The Morgan fingerprint density at radius 1 is 1.32 bits per heavy atom. The van der Waals surface area contributed by atoms with Crippen LogP contribution in [0, 0.1) is 5.92 Å². The van der Waals surface area contributed by atoms with Crippen LogP contribution in [0.2, 0.25) is 0 Å². The van der Waals surface area contributed by atoms with E-state index in [-0.39, 0.29) is 10.8 Å². The summed E-state index contributed by atoms with van der Waals surface area (Å²) in [5.41, 5.74) is 5.77. The van der Waals surface area contributed by atoms with Gasteiger partial charge < -0.3 is 5.73 Å². The first-order valence-electron chi connectivity index (χ1n) is 7.47. The Labute approximate surface area is 117 Å². The topological polar surface area (TPSA) is 63.4 Å². The molecule has 0 amide bonds. The Morgan fingerprint density at radius 3 is 2.53 bits per heavy atom. The van der Waals surface area contributed by atoms with E-state index in [9.17, 15) is 8.42 Å². The highest BCUT2D eigenvalue weighted by Crippen LogP contribution is 2.42. The van der Waals surface area contributed by atoms with Gasteiger partial charge in [0, 0.05) is 18.8 Å². The predicted molar refractivity (Wildman–Crippen MR) is 78.8 cm³/mol. The Kier molecular flexibility index (Phi) is 4.29. The number of hydrogen-bond acceptors (Lipinski definition) is 4. The van der Waals surface area contributed by atoms with E-state index in [2.05, 4.69) is 18.7 Å². The summed E-state index contributed by atoms with van der Waals surface area (Å²) in [6.45, 7) is 5.96. The molecular formula is C14H28N2O2S. The maximum Gasteiger partial charge on any atom is 0.152 e. The smallest absolute Gasteiger partial charge is 0.152 e. The Balaban J connectivity index is 2.32. The molecule has 1 saturated carbocycles. The van der Waals surface area contributed by atoms with Crippen LogP contribution in [0.4, 0.5) is 0 Å². The Morgan fingerprint density at radius 2 is 2.00 bits per heavy atom. The third kappa shape index (κ3) is 2.69. The molecule has 2 fully saturated rings. The molecule has 2 N–H and O–H groups in total. The SMILES string of the molecule is CC1CCN(C2(CN)CCCC2S(C)(=O)=O)C(C)C1. The highest BCUT2D eigenvalue weighted by Gasteiger charge is 2.52. The lowest BCUT2D eigenvalue weighted by Gasteiger charge is -2.50. The number of rotatable bonds is 3. The lowest BCUT2D eigenvalue weighted by molar-refractivity contribution is 0.0203. The van der Waals surface area contributed by atoms with Crippen LogP contribution in [-0.2, 0) is 9.84 Å². The molecule has 1 aliphatic heterocycles. The van der Waals surface area contributed by atoms with Crippen molar-refractivity contribution in [3.8, 4) is 0 Å². The molecule has 2 aliphatic rings. The third-order valence-electron chi connectivity index (χ3n) is 5.26. The van der Waals surface area contributed by atoms with Crippen LogP contribution < -0.4 is 5.73 Å². The van der Waals surface area contributed by atoms with Crippen molar-refractivity contribution in [3.63, 3.8) is 0 Å². The fourth-order valence-corrected chi connectivity index (χ4v) is 6.13. The lowest BCUT2D eigenvalue weighted by Crippen LogP contribution is -2.64. The molecule has 0 spiro atoms. The quantitative estimate of drug-likeness (QED) is 0.852. The van der Waals surface area contributed by atoms with Crippen molar-refractivity contribution in [2.75, 3.05) is 19.3 Å². The maximum atomic E-state index is 12.1. The van der Waals surface area contributed by atoms with Crippen molar-refractivity contribution in [2.24, 2.45) is 11.7 Å². The van der Waals surface area contributed by atoms with Gasteiger partial charge in [0.25, 0.3) is 0 Å². The second-order valence-electron chi connectivity index (χ2n) is 6.69. The number of likely N-dealkylation sites (tertiary alicyclic amines) is 1. The van der Waals surface area contributed by atoms with Crippen LogP contribution in [0.25, 0.3) is 0 Å². The van der Waals surface area contributed by atoms with Gasteiger partial charge >= 0.3 is 0 Å². The van der Waals surface area contributed by atoms with Crippen molar-refractivity contribution in [3.05, 3.63) is 0 Å². The van der Waals surface area contributed by atoms with Crippen LogP contribution in [0.5, 0.6) is 0 Å². The van der Waals surface area contributed by atoms with Crippen LogP contribution in [0.15, 0.2) is 0 Å². The minimum atomic E-state index is -3.03. The number of piperidine rings is 1. The molecule has 1 aliphatic carbocycles. The lowest BCUT2D eigenvalue weighted by atomic mass is 9.85. The van der Waals surface area contributed by atoms with Gasteiger partial charge in [0.1, 0.15) is 0 Å². The predicted octanol–water partition coefficient (Wildman–Crippen LogP) is 1.40. The number of sulfone groups is 1. The van der Waals surface area contributed by atoms with Crippen LogP contribution >= 0.6 is 0 Å². The minimum Gasteiger partial charge on any atom is -0.329 e. The first kappa shape index (κ1) is 15.3. The molecule has 2 rings (SSSR count). The summed E-state index contributed by atoms with van der Waals surface area (Å²) >= 11 is 0. The first-order valence-corrected chi connectivity index (χ1v) is 9.42. The first-order chi connectivity index (χ1) is 8.81. The molecule has 0 aromatic carbocycles. The molecule has 19 heavy (non-hydrogen) atoms. The molecule has 0 aromatic rings. The molecule has 4 nitrogen and oxygen atoms in total. The molecule has 1 heterocycles. The summed E-state index contributed by atoms with van der Waals surface area (Å²) in [5.74, 6) is 0.735. The summed E-state index contributed by atoms with van der Waals surface area (Å²) in [6, 6.07) is 0.439. The van der Waals surface area contributed by atoms with Gasteiger partial charge in [0.15, 0.2) is 9.84 Å². The molecule has 112 valence electrons. The van der Waals surface area contributed by atoms with E-state index >= 15 is 0 Å². The fraction of sp³-hybridized carbons (Fsp3) is 1.00. The van der Waals surface area contributed by atoms with Gasteiger partial charge in [-0.2, -0.15) is 0 Å². The summed E-state index contributed by atoms with van der Waals surface area (Å²) in [7, 11) is -3.03. The summed E-state index contributed by atoms with van der Waals surface area (Å²) < 4.78 is 24.3. The maximum absolute atomic E-state index is 12.1. The average Bonchev–Trinajstić information content (AvgIpc) is 2.73. The second kappa shape index (κ2) is 5.34. The van der Waals surface area contributed by atoms with Gasteiger partial charge in [-0.1, -0.05) is 13.3 Å². The Hall–Kier alpha value is -0.130. The van der Waals surface area contributed by atoms with E-state index in [0.717, 1.165) is 44.6 Å². The van der Waals surface area contributed by atoms with Crippen molar-refractivity contribution >= 4 is 9.84 Å². The Bertz CT molecular complexity index is 423. The highest BCUT2D eigenvalue weighted by atomic mass is 32.2. The van der Waals surface area contributed by atoms with Crippen molar-refractivity contribution in [1.82, 2.24) is 4.90 Å². The van der Waals surface area contributed by atoms with Gasteiger partial charge in [0.2, 0.25) is 0 Å². The van der Waals surface area contributed by atoms with E-state index in [1.165, 1.54) is 6.26 Å². The largest absolute Gasteiger partial charge is 0.329 e. The molecule has 0 aromatic heterocycles. The van der Waals surface area contributed by atoms with Gasteiger partial charge in [-0.15, -0.1) is 0 Å². The van der Waals surface area contributed by atoms with E-state index in [1.807, 2.05) is 0 Å². The average molecular weight is 288 g/mol. The van der Waals surface area contributed by atoms with Crippen molar-refractivity contribution in [2.45, 2.75) is 62.8 Å². The monoisotopic (exact) mass is 288 g/mol. The zero-order valence-corrected chi connectivity index (χ0v) is 13.2. The minimum absolute atomic E-state index is 0.277. The molecule has 0 bridgehead atoms. The standard InChI is InChI=1S/C14H28N2O2S/c1-11-6-8-16(12(2)9-11)14(10-15)7-4-5-13(14)19(3,17)18/h11-13H,4-10,15H2,1-3H3. The van der Waals surface area contributed by atoms with Gasteiger partial charge in [-0.25, -0.2) is 8.42 Å². The number of hydrogen-bond donors (Lipinski definition) is 1. The number of nitrogens with zero attached hydrogens (tertiary/aromatic N) is 1. The van der Waals surface area contributed by atoms with Gasteiger partial charge in [-0.3, -0.25) is 4.90 Å². The fourth-order valence-electron chi connectivity index (χ4n) is 4.38. The van der Waals surface area contributed by atoms with Crippen LogP contribution in [0.3, 0.4) is 0 Å². The van der Waals surface area contributed by atoms with Crippen LogP contribution in [-0.4, -0.2) is 49.5 Å². The normalized spacial score (nSPS) is 41.6. The van der Waals surface area contributed by atoms with E-state index in [4.69, 9.17) is 5.73 Å². The van der Waals surface area contributed by atoms with Gasteiger partial charge in [-0.05, 0) is 45.1 Å². The molecule has 1 saturated heterocycles. The van der Waals surface area contributed by atoms with E-state index in [0.29, 0.717) is 12.6 Å². The van der Waals surface area contributed by atoms with E-state index in [1.54, 1.807) is 0 Å². The summed E-state index contributed by atoms with van der Waals surface area (Å²) in [5, 5.41) is -0.277. The molecule has 4 unspecified atom stereocenters. The summed E-state index contributed by atoms with van der Waals surface area (Å²) in [6.07, 6.45) is 6.37. The van der Waals surface area contributed by atoms with Gasteiger partial charge in [0.05, 0.1) is 10.8 Å². The molecular weight excluding hydrogens is 260 g/mol. The third-order valence-corrected chi connectivity index (χ3v) is 6.96. The van der Waals surface area contributed by atoms with Crippen molar-refractivity contribution in [1.29, 1.82) is 0 Å². The zero-order chi connectivity index (χ0) is 14.3. The van der Waals surface area contributed by atoms with E-state index < -0.39 is 9.84 Å². The second-order valence-corrected chi connectivity index (χ2v) is 8.92. The van der Waals surface area contributed by atoms with Crippen LogP contribution in [0.1, 0.15) is 46.0 Å². The highest BCUT2D eigenvalue weighted by molar-refractivity contribution is 7.91. The zero-order valence-electron chi connectivity index (χ0n) is 12.4. The molecule has 5 heteroatoms. The van der Waals surface area contributed by atoms with Crippen molar-refractivity contribution < 1.29 is 8.42 Å². The molecule has 4 atom stereocenters. The summed E-state index contributed by atoms with van der Waals surface area (Å²) in [4.78, 5) is 2.42. The molecule has 0 radical (unpaired) electrons.